The molecule has 0 aliphatic carbocycles. The summed E-state index contributed by atoms with van der Waals surface area (Å²) in [5.74, 6) is 0.169. The number of anilines is 1. The van der Waals surface area contributed by atoms with E-state index in [0.29, 0.717) is 16.4 Å². The molecule has 1 amide bonds. The maximum atomic E-state index is 12.0. The quantitative estimate of drug-likeness (QED) is 0.793. The Balaban J connectivity index is 2.00. The highest BCUT2D eigenvalue weighted by Gasteiger charge is 2.11. The van der Waals surface area contributed by atoms with E-state index in [4.69, 9.17) is 23.8 Å². The van der Waals surface area contributed by atoms with E-state index in [0.717, 1.165) is 4.47 Å². The second kappa shape index (κ2) is 6.78. The van der Waals surface area contributed by atoms with Crippen LogP contribution in [0.3, 0.4) is 0 Å². The van der Waals surface area contributed by atoms with Crippen LogP contribution in [0.2, 0.25) is 5.02 Å². The molecule has 4 nitrogen and oxygen atoms in total. The molecule has 0 radical (unpaired) electrons. The fourth-order valence-corrected chi connectivity index (χ4v) is 2.07. The second-order valence-corrected chi connectivity index (χ2v) is 5.48. The number of amides is 1. The van der Waals surface area contributed by atoms with E-state index in [1.807, 2.05) is 6.07 Å². The van der Waals surface area contributed by atoms with Gasteiger partial charge >= 0.3 is 0 Å². The third-order valence-electron chi connectivity index (χ3n) is 2.31. The van der Waals surface area contributed by atoms with Crippen LogP contribution in [0.4, 0.5) is 5.82 Å². The average Bonchev–Trinajstić information content (AvgIpc) is 2.41. The molecule has 0 saturated carbocycles. The molecular weight excluding hydrogens is 362 g/mol. The Kier molecular flexibility index (Phi) is 5.05. The van der Waals surface area contributed by atoms with Crippen molar-refractivity contribution in [3.05, 3.63) is 57.7 Å². The Bertz CT molecular complexity index is 648. The first-order valence-electron chi connectivity index (χ1n) is 5.54. The predicted molar refractivity (Wildman–Crippen MR) is 87.1 cm³/mol. The van der Waals surface area contributed by atoms with E-state index in [1.165, 1.54) is 0 Å². The van der Waals surface area contributed by atoms with Gasteiger partial charge < -0.3 is 5.32 Å². The maximum Gasteiger partial charge on any atom is 0.258 e. The van der Waals surface area contributed by atoms with Gasteiger partial charge in [0.15, 0.2) is 5.11 Å². The standard InChI is InChI=1S/C13H9BrClN3OS/c14-8-5-6-11(16-7-8)17-13(20)18-12(19)9-3-1-2-4-10(9)15/h1-7H,(H2,16,17,18,19,20). The summed E-state index contributed by atoms with van der Waals surface area (Å²) in [5, 5.41) is 5.89. The molecule has 0 atom stereocenters. The van der Waals surface area contributed by atoms with E-state index in [1.54, 1.807) is 36.5 Å². The molecule has 0 bridgehead atoms. The summed E-state index contributed by atoms with van der Waals surface area (Å²) >= 11 is 14.3. The van der Waals surface area contributed by atoms with Gasteiger partial charge in [-0.25, -0.2) is 4.98 Å². The largest absolute Gasteiger partial charge is 0.317 e. The molecule has 2 aromatic rings. The van der Waals surface area contributed by atoms with Crippen LogP contribution >= 0.6 is 39.7 Å². The van der Waals surface area contributed by atoms with Crippen molar-refractivity contribution in [3.8, 4) is 0 Å². The van der Waals surface area contributed by atoms with Crippen LogP contribution in [0.25, 0.3) is 0 Å². The number of carbonyl (C=O) groups is 1. The summed E-state index contributed by atoms with van der Waals surface area (Å²) in [4.78, 5) is 16.1. The maximum absolute atomic E-state index is 12.0. The number of aromatic nitrogens is 1. The Hall–Kier alpha value is -1.50. The lowest BCUT2D eigenvalue weighted by molar-refractivity contribution is 0.0978. The monoisotopic (exact) mass is 369 g/mol. The number of carbonyl (C=O) groups excluding carboxylic acids is 1. The molecule has 1 aromatic heterocycles. The lowest BCUT2D eigenvalue weighted by Gasteiger charge is -2.09. The van der Waals surface area contributed by atoms with Crippen molar-refractivity contribution >= 4 is 56.6 Å². The Morgan fingerprint density at radius 3 is 2.65 bits per heavy atom. The van der Waals surface area contributed by atoms with Gasteiger partial charge in [0.1, 0.15) is 5.82 Å². The van der Waals surface area contributed by atoms with Gasteiger partial charge in [-0.3, -0.25) is 10.1 Å². The number of halogens is 2. The van der Waals surface area contributed by atoms with Crippen molar-refractivity contribution in [2.45, 2.75) is 0 Å². The fourth-order valence-electron chi connectivity index (χ4n) is 1.41. The van der Waals surface area contributed by atoms with E-state index in [-0.39, 0.29) is 11.0 Å². The molecule has 0 fully saturated rings. The van der Waals surface area contributed by atoms with Gasteiger partial charge in [0.25, 0.3) is 5.91 Å². The minimum absolute atomic E-state index is 0.157. The van der Waals surface area contributed by atoms with Gasteiger partial charge in [0.2, 0.25) is 0 Å². The predicted octanol–water partition coefficient (Wildman–Crippen LogP) is 3.62. The van der Waals surface area contributed by atoms with Gasteiger partial charge in [0.05, 0.1) is 10.6 Å². The van der Waals surface area contributed by atoms with Crippen LogP contribution in [-0.4, -0.2) is 16.0 Å². The van der Waals surface area contributed by atoms with Crippen LogP contribution in [0.15, 0.2) is 47.1 Å². The van der Waals surface area contributed by atoms with Crippen molar-refractivity contribution in [1.29, 1.82) is 0 Å². The van der Waals surface area contributed by atoms with Gasteiger partial charge in [-0.1, -0.05) is 23.7 Å². The van der Waals surface area contributed by atoms with Crippen LogP contribution in [-0.2, 0) is 0 Å². The molecule has 1 aromatic carbocycles. The molecular formula is C13H9BrClN3OS. The molecule has 0 spiro atoms. The van der Waals surface area contributed by atoms with E-state index >= 15 is 0 Å². The summed E-state index contributed by atoms with van der Waals surface area (Å²) in [6.07, 6.45) is 1.63. The lowest BCUT2D eigenvalue weighted by atomic mass is 10.2. The first-order valence-corrected chi connectivity index (χ1v) is 7.12. The second-order valence-electron chi connectivity index (χ2n) is 3.75. The SMILES string of the molecule is O=C(NC(=S)Nc1ccc(Br)cn1)c1ccccc1Cl. The first kappa shape index (κ1) is 14.9. The molecule has 0 saturated heterocycles. The Labute approximate surface area is 134 Å². The Morgan fingerprint density at radius 2 is 2.00 bits per heavy atom. The number of nitrogens with zero attached hydrogens (tertiary/aromatic N) is 1. The average molecular weight is 371 g/mol. The molecule has 0 aliphatic heterocycles. The molecule has 2 rings (SSSR count). The highest BCUT2D eigenvalue weighted by atomic mass is 79.9. The zero-order chi connectivity index (χ0) is 14.5. The zero-order valence-electron chi connectivity index (χ0n) is 10.1. The molecule has 0 unspecified atom stereocenters. The number of nitrogens with one attached hydrogen (secondary N) is 2. The van der Waals surface area contributed by atoms with Crippen LogP contribution in [0, 0.1) is 0 Å². The van der Waals surface area contributed by atoms with Crippen molar-refractivity contribution < 1.29 is 4.79 Å². The smallest absolute Gasteiger partial charge is 0.258 e. The first-order chi connectivity index (χ1) is 9.56. The van der Waals surface area contributed by atoms with Crippen molar-refractivity contribution in [2.24, 2.45) is 0 Å². The number of thiocarbonyl (C=S) groups is 1. The third kappa shape index (κ3) is 4.00. The summed E-state index contributed by atoms with van der Waals surface area (Å²) in [5.41, 5.74) is 0.363. The summed E-state index contributed by atoms with van der Waals surface area (Å²) in [6, 6.07) is 10.3. The minimum atomic E-state index is -0.370. The van der Waals surface area contributed by atoms with Crippen molar-refractivity contribution in [3.63, 3.8) is 0 Å². The lowest BCUT2D eigenvalue weighted by Crippen LogP contribution is -2.34. The van der Waals surface area contributed by atoms with Crippen LogP contribution in [0.1, 0.15) is 10.4 Å². The number of hydrogen-bond acceptors (Lipinski definition) is 3. The summed E-state index contributed by atoms with van der Waals surface area (Å²) in [6.45, 7) is 0. The molecule has 1 heterocycles. The molecule has 0 aliphatic rings. The van der Waals surface area contributed by atoms with E-state index < -0.39 is 0 Å². The summed E-state index contributed by atoms with van der Waals surface area (Å²) < 4.78 is 0.856. The molecule has 20 heavy (non-hydrogen) atoms. The minimum Gasteiger partial charge on any atom is -0.317 e. The van der Waals surface area contributed by atoms with E-state index in [9.17, 15) is 4.79 Å². The highest BCUT2D eigenvalue weighted by molar-refractivity contribution is 9.10. The van der Waals surface area contributed by atoms with Crippen LogP contribution in [0.5, 0.6) is 0 Å². The zero-order valence-corrected chi connectivity index (χ0v) is 13.2. The highest BCUT2D eigenvalue weighted by Crippen LogP contribution is 2.14. The number of pyridine rings is 1. The van der Waals surface area contributed by atoms with Gasteiger partial charge in [-0.2, -0.15) is 0 Å². The Morgan fingerprint density at radius 1 is 1.25 bits per heavy atom. The molecule has 7 heteroatoms. The normalized spacial score (nSPS) is 9.90. The van der Waals surface area contributed by atoms with Gasteiger partial charge in [-0.05, 0) is 52.4 Å². The van der Waals surface area contributed by atoms with E-state index in [2.05, 4.69) is 31.5 Å². The number of rotatable bonds is 2. The van der Waals surface area contributed by atoms with Crippen molar-refractivity contribution in [1.82, 2.24) is 10.3 Å². The topological polar surface area (TPSA) is 54.0 Å². The number of benzene rings is 1. The van der Waals surface area contributed by atoms with Gasteiger partial charge in [-0.15, -0.1) is 0 Å². The summed E-state index contributed by atoms with van der Waals surface area (Å²) in [7, 11) is 0. The molecule has 102 valence electrons. The third-order valence-corrected chi connectivity index (χ3v) is 3.32. The molecule has 2 N–H and O–H groups in total. The van der Waals surface area contributed by atoms with Crippen LogP contribution < -0.4 is 10.6 Å². The van der Waals surface area contributed by atoms with Gasteiger partial charge in [0, 0.05) is 10.7 Å². The number of hydrogen-bond donors (Lipinski definition) is 2. The van der Waals surface area contributed by atoms with Crippen molar-refractivity contribution in [2.75, 3.05) is 5.32 Å². The fraction of sp³-hybridized carbons (Fsp3) is 0.